The van der Waals surface area contributed by atoms with Crippen LogP contribution in [-0.2, 0) is 13.1 Å². The van der Waals surface area contributed by atoms with Crippen molar-refractivity contribution < 1.29 is 0 Å². The number of rotatable bonds is 3. The average Bonchev–Trinajstić information content (AvgIpc) is 2.76. The van der Waals surface area contributed by atoms with E-state index in [9.17, 15) is 0 Å². The highest BCUT2D eigenvalue weighted by Gasteiger charge is 2.01. The molecule has 2 N–H and O–H groups in total. The maximum Gasteiger partial charge on any atom is 0.137 e. The smallest absolute Gasteiger partial charge is 0.137 e. The van der Waals surface area contributed by atoms with Crippen molar-refractivity contribution in [1.82, 2.24) is 19.7 Å². The minimum Gasteiger partial charge on any atom is -0.325 e. The van der Waals surface area contributed by atoms with Crippen LogP contribution in [0.15, 0.2) is 18.0 Å². The molecular formula is C7H9N5S. The van der Waals surface area contributed by atoms with E-state index in [0.717, 1.165) is 10.7 Å². The van der Waals surface area contributed by atoms with Crippen molar-refractivity contribution in [2.75, 3.05) is 0 Å². The summed E-state index contributed by atoms with van der Waals surface area (Å²) in [6, 6.07) is 0. The lowest BCUT2D eigenvalue weighted by atomic mass is 10.5. The van der Waals surface area contributed by atoms with Gasteiger partial charge in [-0.2, -0.15) is 5.10 Å². The molecule has 0 aromatic carbocycles. The fourth-order valence-corrected chi connectivity index (χ4v) is 1.77. The SMILES string of the molecule is NCc1csc(Cn2cncn2)n1. The summed E-state index contributed by atoms with van der Waals surface area (Å²) in [5, 5.41) is 6.96. The molecule has 68 valence electrons. The third-order valence-corrected chi connectivity index (χ3v) is 2.45. The number of hydrogen-bond donors (Lipinski definition) is 1. The molecule has 2 aromatic rings. The molecule has 6 heteroatoms. The molecule has 0 aliphatic heterocycles. The molecule has 5 nitrogen and oxygen atoms in total. The first-order chi connectivity index (χ1) is 6.38. The van der Waals surface area contributed by atoms with E-state index in [1.54, 1.807) is 22.3 Å². The number of hydrogen-bond acceptors (Lipinski definition) is 5. The second kappa shape index (κ2) is 3.63. The van der Waals surface area contributed by atoms with Gasteiger partial charge in [-0.1, -0.05) is 0 Å². The van der Waals surface area contributed by atoms with Crippen LogP contribution in [0.4, 0.5) is 0 Å². The third kappa shape index (κ3) is 1.90. The molecule has 0 radical (unpaired) electrons. The van der Waals surface area contributed by atoms with Gasteiger partial charge in [0.1, 0.15) is 17.7 Å². The highest BCUT2D eigenvalue weighted by Crippen LogP contribution is 2.09. The molecule has 0 spiro atoms. The van der Waals surface area contributed by atoms with E-state index in [-0.39, 0.29) is 0 Å². The number of aromatic nitrogens is 4. The molecule has 0 unspecified atom stereocenters. The zero-order valence-corrected chi connectivity index (χ0v) is 7.74. The van der Waals surface area contributed by atoms with Gasteiger partial charge in [0.25, 0.3) is 0 Å². The molecule has 2 heterocycles. The normalized spacial score (nSPS) is 10.5. The van der Waals surface area contributed by atoms with E-state index in [2.05, 4.69) is 15.1 Å². The number of nitrogens with two attached hydrogens (primary N) is 1. The Morgan fingerprint density at radius 3 is 3.08 bits per heavy atom. The zero-order chi connectivity index (χ0) is 9.10. The molecule has 0 saturated heterocycles. The minimum absolute atomic E-state index is 0.494. The summed E-state index contributed by atoms with van der Waals surface area (Å²) in [7, 11) is 0. The van der Waals surface area contributed by atoms with Crippen LogP contribution in [0, 0.1) is 0 Å². The second-order valence-corrected chi connectivity index (χ2v) is 3.47. The number of thiazole rings is 1. The molecule has 0 aliphatic carbocycles. The van der Waals surface area contributed by atoms with Gasteiger partial charge in [-0.3, -0.25) is 0 Å². The Bertz CT molecular complexity index is 366. The Kier molecular flexibility index (Phi) is 2.33. The van der Waals surface area contributed by atoms with E-state index in [4.69, 9.17) is 5.73 Å². The van der Waals surface area contributed by atoms with Gasteiger partial charge < -0.3 is 5.73 Å². The molecule has 0 atom stereocenters. The second-order valence-electron chi connectivity index (χ2n) is 2.53. The molecular weight excluding hydrogens is 186 g/mol. The molecule has 0 fully saturated rings. The molecule has 0 bridgehead atoms. The Morgan fingerprint density at radius 1 is 1.54 bits per heavy atom. The van der Waals surface area contributed by atoms with Crippen molar-refractivity contribution in [2.24, 2.45) is 5.73 Å². The molecule has 2 aromatic heterocycles. The quantitative estimate of drug-likeness (QED) is 0.761. The summed E-state index contributed by atoms with van der Waals surface area (Å²) in [6.07, 6.45) is 3.18. The average molecular weight is 195 g/mol. The van der Waals surface area contributed by atoms with Crippen LogP contribution in [0.2, 0.25) is 0 Å². The van der Waals surface area contributed by atoms with Gasteiger partial charge in [-0.25, -0.2) is 14.6 Å². The molecule has 0 saturated carbocycles. The lowest BCUT2D eigenvalue weighted by Gasteiger charge is -1.93. The van der Waals surface area contributed by atoms with Crippen molar-refractivity contribution in [3.63, 3.8) is 0 Å². The summed E-state index contributed by atoms with van der Waals surface area (Å²) in [4.78, 5) is 8.16. The fraction of sp³-hybridized carbons (Fsp3) is 0.286. The van der Waals surface area contributed by atoms with Gasteiger partial charge in [0.15, 0.2) is 0 Å². The topological polar surface area (TPSA) is 69.6 Å². The predicted octanol–water partition coefficient (Wildman–Crippen LogP) is 0.242. The largest absolute Gasteiger partial charge is 0.325 e. The van der Waals surface area contributed by atoms with Crippen molar-refractivity contribution in [2.45, 2.75) is 13.1 Å². The van der Waals surface area contributed by atoms with E-state index in [1.165, 1.54) is 6.33 Å². The van der Waals surface area contributed by atoms with Gasteiger partial charge in [0, 0.05) is 11.9 Å². The standard InChI is InChI=1S/C7H9N5S/c8-1-6-3-13-7(11-6)2-12-5-9-4-10-12/h3-5H,1-2,8H2. The predicted molar refractivity (Wildman–Crippen MR) is 49.1 cm³/mol. The number of nitrogens with zero attached hydrogens (tertiary/aromatic N) is 4. The first-order valence-electron chi connectivity index (χ1n) is 3.84. The van der Waals surface area contributed by atoms with E-state index in [1.807, 2.05) is 5.38 Å². The minimum atomic E-state index is 0.494. The third-order valence-electron chi connectivity index (χ3n) is 1.57. The molecule has 0 aliphatic rings. The Hall–Kier alpha value is -1.27. The van der Waals surface area contributed by atoms with Crippen LogP contribution in [0.3, 0.4) is 0 Å². The highest BCUT2D eigenvalue weighted by molar-refractivity contribution is 7.09. The Balaban J connectivity index is 2.10. The van der Waals surface area contributed by atoms with Gasteiger partial charge >= 0.3 is 0 Å². The first kappa shape index (κ1) is 8.33. The fourth-order valence-electron chi connectivity index (χ4n) is 0.968. The van der Waals surface area contributed by atoms with Crippen molar-refractivity contribution in [3.05, 3.63) is 28.7 Å². The van der Waals surface area contributed by atoms with Crippen LogP contribution in [0.1, 0.15) is 10.7 Å². The van der Waals surface area contributed by atoms with Crippen molar-refractivity contribution in [1.29, 1.82) is 0 Å². The van der Waals surface area contributed by atoms with Crippen molar-refractivity contribution >= 4 is 11.3 Å². The Labute approximate surface area is 79.2 Å². The maximum absolute atomic E-state index is 5.45. The van der Waals surface area contributed by atoms with Crippen LogP contribution < -0.4 is 5.73 Å². The summed E-state index contributed by atoms with van der Waals surface area (Å²) in [5.74, 6) is 0. The van der Waals surface area contributed by atoms with Gasteiger partial charge in [0.05, 0.1) is 12.2 Å². The zero-order valence-electron chi connectivity index (χ0n) is 6.92. The summed E-state index contributed by atoms with van der Waals surface area (Å²) < 4.78 is 1.74. The molecule has 2 rings (SSSR count). The highest BCUT2D eigenvalue weighted by atomic mass is 32.1. The van der Waals surface area contributed by atoms with Crippen LogP contribution in [0.25, 0.3) is 0 Å². The lowest BCUT2D eigenvalue weighted by molar-refractivity contribution is 0.679. The van der Waals surface area contributed by atoms with E-state index in [0.29, 0.717) is 13.1 Å². The summed E-state index contributed by atoms with van der Waals surface area (Å²) in [5.41, 5.74) is 6.38. The van der Waals surface area contributed by atoms with E-state index >= 15 is 0 Å². The first-order valence-corrected chi connectivity index (χ1v) is 4.72. The Morgan fingerprint density at radius 2 is 2.46 bits per heavy atom. The van der Waals surface area contributed by atoms with Gasteiger partial charge in [0.2, 0.25) is 0 Å². The lowest BCUT2D eigenvalue weighted by Crippen LogP contribution is -2.01. The summed E-state index contributed by atoms with van der Waals surface area (Å²) in [6.45, 7) is 1.17. The van der Waals surface area contributed by atoms with Crippen LogP contribution in [-0.4, -0.2) is 19.7 Å². The summed E-state index contributed by atoms with van der Waals surface area (Å²) >= 11 is 1.59. The molecule has 13 heavy (non-hydrogen) atoms. The molecule has 0 amide bonds. The van der Waals surface area contributed by atoms with Crippen LogP contribution >= 0.6 is 11.3 Å². The van der Waals surface area contributed by atoms with Crippen LogP contribution in [0.5, 0.6) is 0 Å². The maximum atomic E-state index is 5.45. The monoisotopic (exact) mass is 195 g/mol. The van der Waals surface area contributed by atoms with Crippen molar-refractivity contribution in [3.8, 4) is 0 Å². The van der Waals surface area contributed by atoms with E-state index < -0.39 is 0 Å². The van der Waals surface area contributed by atoms with Gasteiger partial charge in [-0.15, -0.1) is 11.3 Å². The van der Waals surface area contributed by atoms with Gasteiger partial charge in [-0.05, 0) is 0 Å².